The lowest BCUT2D eigenvalue weighted by Crippen LogP contribution is -2.34. The fourth-order valence-corrected chi connectivity index (χ4v) is 2.42. The van der Waals surface area contributed by atoms with Crippen LogP contribution in [0.25, 0.3) is 0 Å². The molecule has 0 aromatic carbocycles. The highest BCUT2D eigenvalue weighted by Gasteiger charge is 2.18. The Kier molecular flexibility index (Phi) is 4.95. The van der Waals surface area contributed by atoms with Gasteiger partial charge in [0.1, 0.15) is 0 Å². The van der Waals surface area contributed by atoms with Crippen LogP contribution in [-0.2, 0) is 11.2 Å². The smallest absolute Gasteiger partial charge is 0.0590 e. The van der Waals surface area contributed by atoms with Crippen LogP contribution in [-0.4, -0.2) is 30.8 Å². The Hall–Kier alpha value is -0.930. The van der Waals surface area contributed by atoms with E-state index in [1.54, 1.807) is 0 Å². The first-order valence-corrected chi connectivity index (χ1v) is 6.56. The van der Waals surface area contributed by atoms with Crippen molar-refractivity contribution in [3.63, 3.8) is 0 Å². The highest BCUT2D eigenvalue weighted by molar-refractivity contribution is 5.10. The molecular weight excluding hydrogens is 212 g/mol. The first-order valence-electron chi connectivity index (χ1n) is 6.56. The summed E-state index contributed by atoms with van der Waals surface area (Å²) in [5, 5.41) is 3.39. The second-order valence-corrected chi connectivity index (χ2v) is 4.78. The number of likely N-dealkylation sites (N-methyl/N-ethyl adjacent to an activating group) is 1. The third kappa shape index (κ3) is 4.10. The summed E-state index contributed by atoms with van der Waals surface area (Å²) in [6.07, 6.45) is 10.1. The number of aromatic nitrogens is 1. The van der Waals surface area contributed by atoms with E-state index in [1.807, 2.05) is 25.5 Å². The molecule has 1 aliphatic heterocycles. The Morgan fingerprint density at radius 1 is 1.53 bits per heavy atom. The largest absolute Gasteiger partial charge is 0.378 e. The maximum absolute atomic E-state index is 5.79. The van der Waals surface area contributed by atoms with Crippen LogP contribution in [0, 0.1) is 0 Å². The Labute approximate surface area is 104 Å². The number of hydrogen-bond acceptors (Lipinski definition) is 3. The van der Waals surface area contributed by atoms with E-state index in [9.17, 15) is 0 Å². The molecule has 0 spiro atoms. The lowest BCUT2D eigenvalue weighted by atomic mass is 9.97. The van der Waals surface area contributed by atoms with Gasteiger partial charge in [0.05, 0.1) is 6.10 Å². The monoisotopic (exact) mass is 234 g/mol. The quantitative estimate of drug-likeness (QED) is 0.848. The van der Waals surface area contributed by atoms with Gasteiger partial charge < -0.3 is 10.1 Å². The Bertz CT molecular complexity index is 309. The minimum atomic E-state index is 0.442. The predicted octanol–water partition coefficient (Wildman–Crippen LogP) is 2.17. The number of rotatable bonds is 5. The van der Waals surface area contributed by atoms with Crippen LogP contribution in [0.3, 0.4) is 0 Å². The molecule has 0 saturated carbocycles. The predicted molar refractivity (Wildman–Crippen MR) is 69.0 cm³/mol. The molecule has 94 valence electrons. The van der Waals surface area contributed by atoms with E-state index in [4.69, 9.17) is 4.74 Å². The lowest BCUT2D eigenvalue weighted by Gasteiger charge is -2.26. The molecule has 0 bridgehead atoms. The first-order chi connectivity index (χ1) is 8.38. The van der Waals surface area contributed by atoms with Gasteiger partial charge in [-0.05, 0) is 50.8 Å². The van der Waals surface area contributed by atoms with Gasteiger partial charge in [-0.2, -0.15) is 0 Å². The zero-order chi connectivity index (χ0) is 11.9. The molecule has 2 unspecified atom stereocenters. The van der Waals surface area contributed by atoms with Gasteiger partial charge in [0.2, 0.25) is 0 Å². The van der Waals surface area contributed by atoms with Crippen LogP contribution in [0.2, 0.25) is 0 Å². The lowest BCUT2D eigenvalue weighted by molar-refractivity contribution is 0.00568. The Balaban J connectivity index is 1.83. The normalized spacial score (nSPS) is 22.3. The SMILES string of the molecule is CNC(Cc1cccnc1)CC1CCCCO1. The highest BCUT2D eigenvalue weighted by atomic mass is 16.5. The third-order valence-electron chi connectivity index (χ3n) is 3.43. The molecule has 0 radical (unpaired) electrons. The standard InChI is InChI=1S/C14H22N2O/c1-15-13(9-12-5-4-7-16-11-12)10-14-6-2-3-8-17-14/h4-5,7,11,13-15H,2-3,6,8-10H2,1H3. The van der Waals surface area contributed by atoms with E-state index >= 15 is 0 Å². The minimum absolute atomic E-state index is 0.442. The van der Waals surface area contributed by atoms with Gasteiger partial charge >= 0.3 is 0 Å². The summed E-state index contributed by atoms with van der Waals surface area (Å²) in [5.41, 5.74) is 1.29. The fourth-order valence-electron chi connectivity index (χ4n) is 2.42. The van der Waals surface area contributed by atoms with Gasteiger partial charge in [-0.15, -0.1) is 0 Å². The van der Waals surface area contributed by atoms with Crippen molar-refractivity contribution >= 4 is 0 Å². The number of nitrogens with one attached hydrogen (secondary N) is 1. The van der Waals surface area contributed by atoms with Gasteiger partial charge in [0.15, 0.2) is 0 Å². The van der Waals surface area contributed by atoms with Crippen molar-refractivity contribution in [3.05, 3.63) is 30.1 Å². The summed E-state index contributed by atoms with van der Waals surface area (Å²) in [7, 11) is 2.03. The molecule has 2 rings (SSSR count). The molecule has 1 aromatic rings. The molecule has 1 fully saturated rings. The summed E-state index contributed by atoms with van der Waals surface area (Å²) < 4.78 is 5.79. The van der Waals surface area contributed by atoms with Crippen molar-refractivity contribution in [2.45, 2.75) is 44.2 Å². The number of hydrogen-bond donors (Lipinski definition) is 1. The van der Waals surface area contributed by atoms with E-state index in [0.29, 0.717) is 12.1 Å². The summed E-state index contributed by atoms with van der Waals surface area (Å²) in [5.74, 6) is 0. The van der Waals surface area contributed by atoms with Crippen molar-refractivity contribution in [1.29, 1.82) is 0 Å². The minimum Gasteiger partial charge on any atom is -0.378 e. The van der Waals surface area contributed by atoms with Crippen LogP contribution < -0.4 is 5.32 Å². The zero-order valence-corrected chi connectivity index (χ0v) is 10.6. The molecule has 17 heavy (non-hydrogen) atoms. The molecule has 3 heteroatoms. The number of ether oxygens (including phenoxy) is 1. The molecular formula is C14H22N2O. The van der Waals surface area contributed by atoms with Crippen molar-refractivity contribution in [3.8, 4) is 0 Å². The maximum Gasteiger partial charge on any atom is 0.0590 e. The van der Waals surface area contributed by atoms with E-state index in [0.717, 1.165) is 19.4 Å². The second-order valence-electron chi connectivity index (χ2n) is 4.78. The zero-order valence-electron chi connectivity index (χ0n) is 10.6. The van der Waals surface area contributed by atoms with Crippen LogP contribution in [0.15, 0.2) is 24.5 Å². The molecule has 2 atom stereocenters. The molecule has 1 saturated heterocycles. The second kappa shape index (κ2) is 6.72. The molecule has 0 aliphatic carbocycles. The Morgan fingerprint density at radius 2 is 2.47 bits per heavy atom. The van der Waals surface area contributed by atoms with Gasteiger partial charge in [-0.3, -0.25) is 4.98 Å². The van der Waals surface area contributed by atoms with Gasteiger partial charge in [0, 0.05) is 25.0 Å². The molecule has 1 N–H and O–H groups in total. The summed E-state index contributed by atoms with van der Waals surface area (Å²) >= 11 is 0. The molecule has 2 heterocycles. The summed E-state index contributed by atoms with van der Waals surface area (Å²) in [6.45, 7) is 0.938. The van der Waals surface area contributed by atoms with Crippen LogP contribution in [0.1, 0.15) is 31.2 Å². The van der Waals surface area contributed by atoms with Crippen LogP contribution in [0.5, 0.6) is 0 Å². The summed E-state index contributed by atoms with van der Waals surface area (Å²) in [6, 6.07) is 4.63. The van der Waals surface area contributed by atoms with Crippen molar-refractivity contribution in [2.75, 3.05) is 13.7 Å². The highest BCUT2D eigenvalue weighted by Crippen LogP contribution is 2.18. The van der Waals surface area contributed by atoms with Crippen LogP contribution in [0.4, 0.5) is 0 Å². The van der Waals surface area contributed by atoms with Gasteiger partial charge in [0.25, 0.3) is 0 Å². The van der Waals surface area contributed by atoms with Crippen molar-refractivity contribution < 1.29 is 4.74 Å². The topological polar surface area (TPSA) is 34.2 Å². The molecule has 0 amide bonds. The summed E-state index contributed by atoms with van der Waals surface area (Å²) in [4.78, 5) is 4.16. The fraction of sp³-hybridized carbons (Fsp3) is 0.643. The van der Waals surface area contributed by atoms with E-state index in [2.05, 4.69) is 16.4 Å². The first kappa shape index (κ1) is 12.5. The van der Waals surface area contributed by atoms with Crippen LogP contribution >= 0.6 is 0 Å². The molecule has 3 nitrogen and oxygen atoms in total. The average Bonchev–Trinajstić information content (AvgIpc) is 2.40. The third-order valence-corrected chi connectivity index (χ3v) is 3.43. The van der Waals surface area contributed by atoms with Gasteiger partial charge in [-0.25, -0.2) is 0 Å². The van der Waals surface area contributed by atoms with E-state index in [-0.39, 0.29) is 0 Å². The number of pyridine rings is 1. The number of nitrogens with zero attached hydrogens (tertiary/aromatic N) is 1. The molecule has 1 aromatic heterocycles. The van der Waals surface area contributed by atoms with Gasteiger partial charge in [-0.1, -0.05) is 6.07 Å². The van der Waals surface area contributed by atoms with Crippen molar-refractivity contribution in [2.24, 2.45) is 0 Å². The Morgan fingerprint density at radius 3 is 3.12 bits per heavy atom. The van der Waals surface area contributed by atoms with Crippen molar-refractivity contribution in [1.82, 2.24) is 10.3 Å². The van der Waals surface area contributed by atoms with E-state index < -0.39 is 0 Å². The average molecular weight is 234 g/mol. The van der Waals surface area contributed by atoms with E-state index in [1.165, 1.54) is 24.8 Å². The maximum atomic E-state index is 5.79. The molecule has 1 aliphatic rings.